The second-order valence-electron chi connectivity index (χ2n) is 13.1. The van der Waals surface area contributed by atoms with Crippen LogP contribution in [0.1, 0.15) is 37.6 Å². The molecule has 0 fully saturated rings. The van der Waals surface area contributed by atoms with Gasteiger partial charge in [-0.05, 0) is 60.9 Å². The van der Waals surface area contributed by atoms with E-state index in [1.165, 1.54) is 60.9 Å². The molecule has 0 saturated carbocycles. The van der Waals surface area contributed by atoms with Crippen molar-refractivity contribution in [1.29, 1.82) is 0 Å². The van der Waals surface area contributed by atoms with E-state index in [0.717, 1.165) is 28.1 Å². The first-order valence-electron chi connectivity index (χ1n) is 18.0. The SMILES string of the molecule is C=C/C=C(\C=C)C1=C(n2c3ccccc3c3cc4c(cc32)-c2ccccc2-n2c(c(C)c3ccccc32)/C4=C\C)N(C)C2C=CC=CC2N1.CC. The quantitative estimate of drug-likeness (QED) is 0.189. The van der Waals surface area contributed by atoms with Crippen molar-refractivity contribution in [2.24, 2.45) is 0 Å². The van der Waals surface area contributed by atoms with Crippen molar-refractivity contribution in [3.63, 3.8) is 0 Å². The van der Waals surface area contributed by atoms with E-state index in [9.17, 15) is 0 Å². The first kappa shape index (κ1) is 32.2. The monoisotopic (exact) mass is 664 g/mol. The second kappa shape index (κ2) is 12.7. The average Bonchev–Trinajstić information content (AvgIpc) is 3.61. The molecular formula is C47H44N4. The lowest BCUT2D eigenvalue weighted by molar-refractivity contribution is 0.317. The molecule has 1 aliphatic carbocycles. The highest BCUT2D eigenvalue weighted by atomic mass is 15.3. The minimum atomic E-state index is 0.128. The number of nitrogens with zero attached hydrogens (tertiary/aromatic N) is 3. The molecule has 51 heavy (non-hydrogen) atoms. The van der Waals surface area contributed by atoms with Gasteiger partial charge >= 0.3 is 0 Å². The molecule has 0 amide bonds. The summed E-state index contributed by atoms with van der Waals surface area (Å²) in [4.78, 5) is 2.42. The molecule has 9 rings (SSSR count). The fourth-order valence-electron chi connectivity index (χ4n) is 8.49. The predicted molar refractivity (Wildman–Crippen MR) is 219 cm³/mol. The van der Waals surface area contributed by atoms with E-state index >= 15 is 0 Å². The van der Waals surface area contributed by atoms with Crippen LogP contribution in [0, 0.1) is 6.92 Å². The Morgan fingerprint density at radius 1 is 0.745 bits per heavy atom. The lowest BCUT2D eigenvalue weighted by Crippen LogP contribution is -2.52. The molecule has 0 bridgehead atoms. The number of aryl methyl sites for hydroxylation is 1. The number of benzene rings is 4. The molecule has 2 unspecified atom stereocenters. The molecule has 6 aromatic rings. The van der Waals surface area contributed by atoms with Crippen LogP contribution in [-0.2, 0) is 0 Å². The standard InChI is InChI=1S/C45H38N4.C2H6/c1-6-17-29(7-2)43-45(47(5)41-25-16-12-21-37(41)46-43)49-40-24-15-11-20-33(40)36-26-34-30(8-3)44-28(4)31-18-9-13-22-38(31)48(44)39-23-14-10-19-32(39)35(34)27-42(36)49;1-2/h6-27,37,41,46H,1-2H2,3-5H3;1-2H3/b29-17+,30-8-;. The Bertz CT molecular complexity index is 2560. The topological polar surface area (TPSA) is 25.1 Å². The molecule has 3 aliphatic rings. The van der Waals surface area contributed by atoms with Crippen molar-refractivity contribution in [2.75, 3.05) is 7.05 Å². The maximum Gasteiger partial charge on any atom is 0.138 e. The number of rotatable bonds is 4. The summed E-state index contributed by atoms with van der Waals surface area (Å²) in [6, 6.07) is 31.6. The van der Waals surface area contributed by atoms with Crippen LogP contribution >= 0.6 is 0 Å². The molecule has 0 radical (unpaired) electrons. The van der Waals surface area contributed by atoms with Gasteiger partial charge in [-0.25, -0.2) is 0 Å². The number of fused-ring (bicyclic) bond motifs is 11. The van der Waals surface area contributed by atoms with Crippen molar-refractivity contribution in [3.05, 3.63) is 175 Å². The summed E-state index contributed by atoms with van der Waals surface area (Å²) in [5, 5.41) is 7.64. The van der Waals surface area contributed by atoms with Gasteiger partial charge in [-0.3, -0.25) is 4.57 Å². The molecule has 2 atom stereocenters. The van der Waals surface area contributed by atoms with Gasteiger partial charge in [0.15, 0.2) is 0 Å². The van der Waals surface area contributed by atoms with Crippen molar-refractivity contribution in [3.8, 4) is 16.8 Å². The Balaban J connectivity index is 0.00000184. The number of allylic oxidation sites excluding steroid dienone is 6. The molecule has 252 valence electrons. The predicted octanol–water partition coefficient (Wildman–Crippen LogP) is 11.3. The fourth-order valence-corrected chi connectivity index (χ4v) is 8.49. The van der Waals surface area contributed by atoms with Crippen molar-refractivity contribution in [2.45, 2.75) is 39.8 Å². The first-order valence-corrected chi connectivity index (χ1v) is 18.0. The van der Waals surface area contributed by atoms with Crippen LogP contribution in [0.25, 0.3) is 60.9 Å². The van der Waals surface area contributed by atoms with Crippen molar-refractivity contribution >= 4 is 44.1 Å². The highest BCUT2D eigenvalue weighted by molar-refractivity contribution is 6.14. The lowest BCUT2D eigenvalue weighted by atomic mass is 9.90. The Kier molecular flexibility index (Phi) is 8.03. The number of nitrogens with one attached hydrogen (secondary N) is 1. The van der Waals surface area contributed by atoms with Crippen LogP contribution in [0.4, 0.5) is 0 Å². The van der Waals surface area contributed by atoms with E-state index in [1.54, 1.807) is 0 Å². The number of hydrogen-bond donors (Lipinski definition) is 1. The molecule has 4 nitrogen and oxygen atoms in total. The van der Waals surface area contributed by atoms with Crippen LogP contribution in [0.5, 0.6) is 0 Å². The lowest BCUT2D eigenvalue weighted by Gasteiger charge is -2.43. The summed E-state index contributed by atoms with van der Waals surface area (Å²) < 4.78 is 4.94. The Morgan fingerprint density at radius 3 is 2.18 bits per heavy atom. The normalized spacial score (nSPS) is 18.5. The molecule has 0 spiro atoms. The highest BCUT2D eigenvalue weighted by Crippen LogP contribution is 2.48. The van der Waals surface area contributed by atoms with Gasteiger partial charge in [0, 0.05) is 39.9 Å². The molecule has 2 aliphatic heterocycles. The molecule has 2 aromatic heterocycles. The van der Waals surface area contributed by atoms with E-state index < -0.39 is 0 Å². The zero-order valence-corrected chi connectivity index (χ0v) is 30.1. The van der Waals surface area contributed by atoms with Crippen molar-refractivity contribution < 1.29 is 0 Å². The third-order valence-electron chi connectivity index (χ3n) is 10.6. The van der Waals surface area contributed by atoms with Crippen molar-refractivity contribution in [1.82, 2.24) is 19.4 Å². The molecule has 4 heterocycles. The number of likely N-dealkylation sites (N-methyl/N-ethyl adjacent to an activating group) is 1. The van der Waals surface area contributed by atoms with Gasteiger partial charge in [-0.1, -0.05) is 130 Å². The summed E-state index contributed by atoms with van der Waals surface area (Å²) >= 11 is 0. The number of para-hydroxylation sites is 3. The van der Waals surface area contributed by atoms with Crippen LogP contribution in [-0.4, -0.2) is 33.2 Å². The van der Waals surface area contributed by atoms with Crippen LogP contribution in [0.2, 0.25) is 0 Å². The fraction of sp³-hybridized carbons (Fsp3) is 0.149. The van der Waals surface area contributed by atoms with E-state index in [-0.39, 0.29) is 12.1 Å². The summed E-state index contributed by atoms with van der Waals surface area (Å²) in [5.41, 5.74) is 14.3. The second-order valence-corrected chi connectivity index (χ2v) is 13.1. The Hall–Kier alpha value is -6.00. The van der Waals surface area contributed by atoms with E-state index in [2.05, 4.69) is 169 Å². The Morgan fingerprint density at radius 2 is 1.43 bits per heavy atom. The first-order chi connectivity index (χ1) is 25.0. The van der Waals surface area contributed by atoms with Gasteiger partial charge < -0.3 is 14.8 Å². The van der Waals surface area contributed by atoms with Gasteiger partial charge in [-0.2, -0.15) is 0 Å². The van der Waals surface area contributed by atoms with E-state index in [0.29, 0.717) is 0 Å². The van der Waals surface area contributed by atoms with Gasteiger partial charge in [-0.15, -0.1) is 0 Å². The molecular weight excluding hydrogens is 621 g/mol. The zero-order valence-electron chi connectivity index (χ0n) is 30.1. The summed E-state index contributed by atoms with van der Waals surface area (Å²) in [6.07, 6.45) is 16.9. The van der Waals surface area contributed by atoms with Crippen LogP contribution < -0.4 is 5.32 Å². The maximum absolute atomic E-state index is 4.22. The van der Waals surface area contributed by atoms with Gasteiger partial charge in [0.2, 0.25) is 0 Å². The van der Waals surface area contributed by atoms with E-state index in [1.807, 2.05) is 32.1 Å². The third kappa shape index (κ3) is 4.66. The number of aromatic nitrogens is 2. The van der Waals surface area contributed by atoms with Gasteiger partial charge in [0.1, 0.15) is 5.82 Å². The average molecular weight is 665 g/mol. The van der Waals surface area contributed by atoms with Gasteiger partial charge in [0.25, 0.3) is 0 Å². The number of hydrogen-bond acceptors (Lipinski definition) is 2. The zero-order chi connectivity index (χ0) is 35.4. The maximum atomic E-state index is 4.22. The van der Waals surface area contributed by atoms with Crippen LogP contribution in [0.3, 0.4) is 0 Å². The summed E-state index contributed by atoms with van der Waals surface area (Å²) in [7, 11) is 2.21. The smallest absolute Gasteiger partial charge is 0.138 e. The minimum Gasteiger partial charge on any atom is -0.373 e. The Labute approximate surface area is 301 Å². The molecule has 4 heteroatoms. The van der Waals surface area contributed by atoms with Gasteiger partial charge in [0.05, 0.1) is 45.7 Å². The summed E-state index contributed by atoms with van der Waals surface area (Å²) in [5.74, 6) is 1.08. The summed E-state index contributed by atoms with van der Waals surface area (Å²) in [6.45, 7) is 16.7. The third-order valence-corrected chi connectivity index (χ3v) is 10.6. The largest absolute Gasteiger partial charge is 0.373 e. The highest BCUT2D eigenvalue weighted by Gasteiger charge is 2.35. The molecule has 1 N–H and O–H groups in total. The molecule has 4 aromatic carbocycles. The van der Waals surface area contributed by atoms with E-state index in [4.69, 9.17) is 0 Å². The molecule has 0 saturated heterocycles. The van der Waals surface area contributed by atoms with Crippen LogP contribution in [0.15, 0.2) is 158 Å². The minimum absolute atomic E-state index is 0.128.